The zero-order chi connectivity index (χ0) is 26.2. The Balaban J connectivity index is 1.86. The number of amides is 1. The fraction of sp³-hybridized carbons (Fsp3) is 0.154. The van der Waals surface area contributed by atoms with E-state index >= 15 is 0 Å². The fourth-order valence-electron chi connectivity index (χ4n) is 3.24. The van der Waals surface area contributed by atoms with Gasteiger partial charge in [0, 0.05) is 11.8 Å². The summed E-state index contributed by atoms with van der Waals surface area (Å²) in [6, 6.07) is 16.6. The number of halogens is 2. The number of carbonyl (C=O) groups is 1. The number of anilines is 1. The number of nitrogens with one attached hydrogen (secondary N) is 1. The van der Waals surface area contributed by atoms with E-state index < -0.39 is 10.8 Å². The van der Waals surface area contributed by atoms with E-state index in [-0.39, 0.29) is 33.6 Å². The van der Waals surface area contributed by atoms with Crippen molar-refractivity contribution in [2.24, 2.45) is 0 Å². The van der Waals surface area contributed by atoms with Crippen molar-refractivity contribution in [1.29, 1.82) is 5.26 Å². The van der Waals surface area contributed by atoms with Gasteiger partial charge in [-0.1, -0.05) is 47.5 Å². The number of carbonyl (C=O) groups excluding carboxylic acids is 1. The van der Waals surface area contributed by atoms with Crippen LogP contribution in [-0.2, 0) is 11.4 Å². The maximum absolute atomic E-state index is 12.7. The molecule has 3 rings (SSSR count). The summed E-state index contributed by atoms with van der Waals surface area (Å²) in [5.74, 6) is -0.0608. The van der Waals surface area contributed by atoms with Crippen molar-refractivity contribution in [1.82, 2.24) is 0 Å². The van der Waals surface area contributed by atoms with Crippen molar-refractivity contribution in [2.75, 3.05) is 11.9 Å². The summed E-state index contributed by atoms with van der Waals surface area (Å²) in [4.78, 5) is 23.1. The van der Waals surface area contributed by atoms with Crippen LogP contribution < -0.4 is 14.8 Å². The molecule has 0 unspecified atom stereocenters. The van der Waals surface area contributed by atoms with Gasteiger partial charge in [-0.05, 0) is 60.9 Å². The number of nitro groups is 1. The number of nitrogens with zero attached hydrogens (tertiary/aromatic N) is 2. The Labute approximate surface area is 217 Å². The second kappa shape index (κ2) is 12.1. The van der Waals surface area contributed by atoms with Gasteiger partial charge in [-0.25, -0.2) is 0 Å². The Hall–Kier alpha value is -4.06. The molecule has 10 heteroatoms. The molecule has 0 fully saturated rings. The van der Waals surface area contributed by atoms with Gasteiger partial charge in [-0.15, -0.1) is 0 Å². The molecular weight excluding hydrogens is 505 g/mol. The molecule has 3 aromatic carbocycles. The van der Waals surface area contributed by atoms with Crippen molar-refractivity contribution in [3.8, 4) is 17.6 Å². The lowest BCUT2D eigenvalue weighted by atomic mass is 10.1. The molecule has 0 aromatic heterocycles. The summed E-state index contributed by atoms with van der Waals surface area (Å²) < 4.78 is 11.6. The highest BCUT2D eigenvalue weighted by Gasteiger charge is 2.17. The molecule has 0 spiro atoms. The first-order valence-corrected chi connectivity index (χ1v) is 11.5. The second-order valence-corrected chi connectivity index (χ2v) is 8.34. The van der Waals surface area contributed by atoms with Crippen LogP contribution in [0.15, 0.2) is 60.2 Å². The molecule has 3 aromatic rings. The SMILES string of the molecule is CCOc1cc(/C=C(\C#N)C(=O)Nc2ccc(Cl)c([N+](=O)[O-])c2)cc(Cl)c1OCc1ccccc1C. The Morgan fingerprint density at radius 3 is 2.56 bits per heavy atom. The van der Waals surface area contributed by atoms with Gasteiger partial charge < -0.3 is 14.8 Å². The highest BCUT2D eigenvalue weighted by atomic mass is 35.5. The third-order valence-corrected chi connectivity index (χ3v) is 5.64. The van der Waals surface area contributed by atoms with Crippen molar-refractivity contribution in [3.63, 3.8) is 0 Å². The molecule has 0 aliphatic heterocycles. The Bertz CT molecular complexity index is 1380. The Kier molecular flexibility index (Phi) is 8.90. The quantitative estimate of drug-likeness (QED) is 0.143. The van der Waals surface area contributed by atoms with Gasteiger partial charge in [-0.2, -0.15) is 5.26 Å². The normalized spacial score (nSPS) is 10.9. The first kappa shape index (κ1) is 26.5. The zero-order valence-electron chi connectivity index (χ0n) is 19.4. The highest BCUT2D eigenvalue weighted by Crippen LogP contribution is 2.38. The van der Waals surface area contributed by atoms with Gasteiger partial charge in [0.1, 0.15) is 23.3 Å². The largest absolute Gasteiger partial charge is 0.490 e. The van der Waals surface area contributed by atoms with Gasteiger partial charge in [0.05, 0.1) is 16.6 Å². The molecule has 0 radical (unpaired) electrons. The summed E-state index contributed by atoms with van der Waals surface area (Å²) >= 11 is 12.3. The van der Waals surface area contributed by atoms with Crippen molar-refractivity contribution in [3.05, 3.63) is 97.0 Å². The Morgan fingerprint density at radius 1 is 1.14 bits per heavy atom. The number of hydrogen-bond acceptors (Lipinski definition) is 6. The predicted molar refractivity (Wildman–Crippen MR) is 138 cm³/mol. The summed E-state index contributed by atoms with van der Waals surface area (Å²) in [6.45, 7) is 4.40. The molecule has 0 saturated carbocycles. The fourth-order valence-corrected chi connectivity index (χ4v) is 3.70. The van der Waals surface area contributed by atoms with Gasteiger partial charge in [0.15, 0.2) is 11.5 Å². The molecule has 0 heterocycles. The molecule has 1 amide bonds. The standard InChI is InChI=1S/C26H21Cl2N3O5/c1-3-35-24-12-17(11-22(28)25(24)36-15-18-7-5-4-6-16(18)2)10-19(14-29)26(32)30-20-8-9-21(27)23(13-20)31(33)34/h4-13H,3,15H2,1-2H3,(H,30,32)/b19-10+. The van der Waals surface area contributed by atoms with Crippen LogP contribution in [0, 0.1) is 28.4 Å². The maximum atomic E-state index is 12.7. The van der Waals surface area contributed by atoms with E-state index in [9.17, 15) is 20.2 Å². The monoisotopic (exact) mass is 525 g/mol. The van der Waals surface area contributed by atoms with Crippen LogP contribution in [0.1, 0.15) is 23.6 Å². The van der Waals surface area contributed by atoms with Crippen molar-refractivity contribution in [2.45, 2.75) is 20.5 Å². The first-order valence-electron chi connectivity index (χ1n) is 10.7. The molecule has 0 atom stereocenters. The second-order valence-electron chi connectivity index (χ2n) is 7.53. The summed E-state index contributed by atoms with van der Waals surface area (Å²) in [7, 11) is 0. The number of nitro benzene ring substituents is 1. The van der Waals surface area contributed by atoms with Crippen molar-refractivity contribution >= 4 is 46.6 Å². The number of rotatable bonds is 9. The van der Waals surface area contributed by atoms with E-state index in [1.807, 2.05) is 37.3 Å². The number of hydrogen-bond donors (Lipinski definition) is 1. The molecule has 184 valence electrons. The van der Waals surface area contributed by atoms with Crippen LogP contribution in [0.3, 0.4) is 0 Å². The Morgan fingerprint density at radius 2 is 1.89 bits per heavy atom. The van der Waals surface area contributed by atoms with Gasteiger partial charge >= 0.3 is 0 Å². The van der Waals surface area contributed by atoms with Crippen LogP contribution in [0.4, 0.5) is 11.4 Å². The van der Waals surface area contributed by atoms with Gasteiger partial charge in [-0.3, -0.25) is 14.9 Å². The molecule has 8 nitrogen and oxygen atoms in total. The summed E-state index contributed by atoms with van der Waals surface area (Å²) in [5, 5.41) is 23.3. The van der Waals surface area contributed by atoms with Crippen LogP contribution in [0.2, 0.25) is 10.0 Å². The minimum atomic E-state index is -0.761. The van der Waals surface area contributed by atoms with E-state index in [1.165, 1.54) is 18.2 Å². The summed E-state index contributed by atoms with van der Waals surface area (Å²) in [6.07, 6.45) is 1.33. The molecular formula is C26H21Cl2N3O5. The van der Waals surface area contributed by atoms with Crippen LogP contribution in [0.25, 0.3) is 6.08 Å². The molecule has 0 aliphatic rings. The topological polar surface area (TPSA) is 114 Å². The molecule has 36 heavy (non-hydrogen) atoms. The third-order valence-electron chi connectivity index (χ3n) is 5.04. The first-order chi connectivity index (χ1) is 17.2. The summed E-state index contributed by atoms with van der Waals surface area (Å²) in [5.41, 5.74) is 1.99. The lowest BCUT2D eigenvalue weighted by Gasteiger charge is -2.15. The van der Waals surface area contributed by atoms with Crippen LogP contribution >= 0.6 is 23.2 Å². The molecule has 1 N–H and O–H groups in total. The minimum absolute atomic E-state index is 0.0723. The number of nitriles is 1. The molecule has 0 aliphatic carbocycles. The van der Waals surface area contributed by atoms with Crippen molar-refractivity contribution < 1.29 is 19.2 Å². The lowest BCUT2D eigenvalue weighted by molar-refractivity contribution is -0.384. The smallest absolute Gasteiger partial charge is 0.289 e. The average Bonchev–Trinajstić information content (AvgIpc) is 2.84. The maximum Gasteiger partial charge on any atom is 0.289 e. The van der Waals surface area contributed by atoms with E-state index in [1.54, 1.807) is 19.1 Å². The van der Waals surface area contributed by atoms with Crippen LogP contribution in [0.5, 0.6) is 11.5 Å². The minimum Gasteiger partial charge on any atom is -0.490 e. The lowest BCUT2D eigenvalue weighted by Crippen LogP contribution is -2.13. The molecule has 0 saturated heterocycles. The average molecular weight is 526 g/mol. The van der Waals surface area contributed by atoms with E-state index in [2.05, 4.69) is 5.32 Å². The van der Waals surface area contributed by atoms with E-state index in [0.29, 0.717) is 23.7 Å². The number of benzene rings is 3. The number of ether oxygens (including phenoxy) is 2. The van der Waals surface area contributed by atoms with Crippen LogP contribution in [-0.4, -0.2) is 17.4 Å². The van der Waals surface area contributed by atoms with Gasteiger partial charge in [0.2, 0.25) is 0 Å². The highest BCUT2D eigenvalue weighted by molar-refractivity contribution is 6.33. The van der Waals surface area contributed by atoms with E-state index in [0.717, 1.165) is 17.2 Å². The number of aryl methyl sites for hydroxylation is 1. The molecule has 0 bridgehead atoms. The zero-order valence-corrected chi connectivity index (χ0v) is 20.9. The van der Waals surface area contributed by atoms with E-state index in [4.69, 9.17) is 32.7 Å². The third kappa shape index (κ3) is 6.54. The predicted octanol–water partition coefficient (Wildman–Crippen LogP) is 6.73. The van der Waals surface area contributed by atoms with Gasteiger partial charge in [0.25, 0.3) is 11.6 Å².